The molecule has 0 saturated heterocycles. The molecule has 7 heteroatoms. The van der Waals surface area contributed by atoms with E-state index in [1.807, 2.05) is 20.8 Å². The topological polar surface area (TPSA) is 96.0 Å². The van der Waals surface area contributed by atoms with Crippen LogP contribution in [0.25, 0.3) is 0 Å². The van der Waals surface area contributed by atoms with Crippen LogP contribution in [-0.4, -0.2) is 20.0 Å². The number of nitrogen functional groups attached to an aromatic ring is 1. The van der Waals surface area contributed by atoms with E-state index in [2.05, 4.69) is 4.72 Å². The van der Waals surface area contributed by atoms with Crippen LogP contribution in [0.4, 0.5) is 10.1 Å². The molecular weight excluding hydrogens is 281 g/mol. The molecule has 0 spiro atoms. The Morgan fingerprint density at radius 2 is 2.00 bits per heavy atom. The van der Waals surface area contributed by atoms with Crippen LogP contribution in [0.5, 0.6) is 0 Å². The van der Waals surface area contributed by atoms with Crippen LogP contribution < -0.4 is 10.5 Å². The third-order valence-corrected chi connectivity index (χ3v) is 3.94. The monoisotopic (exact) mass is 301 g/mol. The summed E-state index contributed by atoms with van der Waals surface area (Å²) in [5.41, 5.74) is 4.92. The van der Waals surface area contributed by atoms with Crippen LogP contribution in [0.15, 0.2) is 18.2 Å². The van der Waals surface area contributed by atoms with E-state index in [0.717, 1.165) is 6.07 Å². The Labute approximate surface area is 118 Å². The minimum atomic E-state index is -3.61. The quantitative estimate of drug-likeness (QED) is 0.575. The number of sulfonamides is 1. The molecule has 20 heavy (non-hydrogen) atoms. The number of rotatable bonds is 5. The smallest absolute Gasteiger partial charge is 0.232 e. The van der Waals surface area contributed by atoms with Gasteiger partial charge in [-0.15, -0.1) is 0 Å². The standard InChI is InChI=1S/C13H20FN3O2S/c1-13(2,3)7-8-20(18,19)17-10-6-4-5-9(14)11(10)12(15)16/h4-6,17H,7-8H2,1-3H3,(H3,15,16). The molecule has 0 atom stereocenters. The van der Waals surface area contributed by atoms with Crippen molar-refractivity contribution in [3.8, 4) is 0 Å². The predicted molar refractivity (Wildman–Crippen MR) is 78.9 cm³/mol. The first-order chi connectivity index (χ1) is 9.02. The second-order valence-electron chi connectivity index (χ2n) is 5.81. The van der Waals surface area contributed by atoms with Gasteiger partial charge in [-0.3, -0.25) is 10.1 Å². The van der Waals surface area contributed by atoms with Gasteiger partial charge >= 0.3 is 0 Å². The van der Waals surface area contributed by atoms with E-state index in [-0.39, 0.29) is 22.4 Å². The van der Waals surface area contributed by atoms with Crippen molar-refractivity contribution in [3.05, 3.63) is 29.6 Å². The fourth-order valence-corrected chi connectivity index (χ4v) is 3.03. The van der Waals surface area contributed by atoms with Crippen LogP contribution in [0.1, 0.15) is 32.8 Å². The van der Waals surface area contributed by atoms with E-state index >= 15 is 0 Å². The predicted octanol–water partition coefficient (Wildman–Crippen LogP) is 2.29. The molecule has 0 unspecified atom stereocenters. The van der Waals surface area contributed by atoms with E-state index in [4.69, 9.17) is 11.1 Å². The molecule has 0 bridgehead atoms. The number of hydrogen-bond acceptors (Lipinski definition) is 3. The number of amidine groups is 1. The molecule has 0 heterocycles. The van der Waals surface area contributed by atoms with Gasteiger partial charge in [-0.25, -0.2) is 12.8 Å². The Morgan fingerprint density at radius 3 is 2.50 bits per heavy atom. The zero-order valence-electron chi connectivity index (χ0n) is 11.8. The van der Waals surface area contributed by atoms with Gasteiger partial charge in [0, 0.05) is 0 Å². The first-order valence-electron chi connectivity index (χ1n) is 6.15. The van der Waals surface area contributed by atoms with E-state index in [1.54, 1.807) is 0 Å². The zero-order valence-corrected chi connectivity index (χ0v) is 12.6. The Morgan fingerprint density at radius 1 is 1.40 bits per heavy atom. The first-order valence-corrected chi connectivity index (χ1v) is 7.80. The van der Waals surface area contributed by atoms with Crippen LogP contribution in [-0.2, 0) is 10.0 Å². The lowest BCUT2D eigenvalue weighted by Crippen LogP contribution is -2.23. The molecule has 0 saturated carbocycles. The van der Waals surface area contributed by atoms with Gasteiger partial charge in [0.1, 0.15) is 11.7 Å². The van der Waals surface area contributed by atoms with Gasteiger partial charge in [0.15, 0.2) is 0 Å². The Hall–Kier alpha value is -1.63. The average Bonchev–Trinajstić information content (AvgIpc) is 2.24. The fourth-order valence-electron chi connectivity index (χ4n) is 1.54. The first kappa shape index (κ1) is 16.4. The summed E-state index contributed by atoms with van der Waals surface area (Å²) in [6.07, 6.45) is 0.465. The lowest BCUT2D eigenvalue weighted by Gasteiger charge is -2.18. The molecule has 0 radical (unpaired) electrons. The highest BCUT2D eigenvalue weighted by Gasteiger charge is 2.20. The summed E-state index contributed by atoms with van der Waals surface area (Å²) >= 11 is 0. The maximum absolute atomic E-state index is 13.6. The van der Waals surface area contributed by atoms with Gasteiger partial charge in [-0.2, -0.15) is 0 Å². The summed E-state index contributed by atoms with van der Waals surface area (Å²) in [5, 5.41) is 7.33. The molecule has 0 aliphatic heterocycles. The fraction of sp³-hybridized carbons (Fsp3) is 0.462. The third-order valence-electron chi connectivity index (χ3n) is 2.67. The molecule has 0 aliphatic rings. The number of halogens is 1. The highest BCUT2D eigenvalue weighted by Crippen LogP contribution is 2.22. The molecule has 4 N–H and O–H groups in total. The van der Waals surface area contributed by atoms with Crippen molar-refractivity contribution in [3.63, 3.8) is 0 Å². The molecular formula is C13H20FN3O2S. The van der Waals surface area contributed by atoms with Gasteiger partial charge < -0.3 is 5.73 Å². The van der Waals surface area contributed by atoms with Crippen molar-refractivity contribution in [2.75, 3.05) is 10.5 Å². The largest absolute Gasteiger partial charge is 0.384 e. The van der Waals surface area contributed by atoms with Crippen molar-refractivity contribution >= 4 is 21.5 Å². The van der Waals surface area contributed by atoms with Gasteiger partial charge in [0.25, 0.3) is 0 Å². The lowest BCUT2D eigenvalue weighted by atomic mass is 9.94. The third kappa shape index (κ3) is 4.80. The minimum Gasteiger partial charge on any atom is -0.384 e. The molecule has 0 amide bonds. The maximum Gasteiger partial charge on any atom is 0.232 e. The molecule has 1 aromatic carbocycles. The van der Waals surface area contributed by atoms with E-state index in [0.29, 0.717) is 6.42 Å². The Bertz CT molecular complexity index is 607. The van der Waals surface area contributed by atoms with Gasteiger partial charge in [0.05, 0.1) is 17.0 Å². The molecule has 0 aromatic heterocycles. The molecule has 1 rings (SSSR count). The normalized spacial score (nSPS) is 12.2. The maximum atomic E-state index is 13.6. The van der Waals surface area contributed by atoms with E-state index < -0.39 is 21.7 Å². The van der Waals surface area contributed by atoms with Crippen molar-refractivity contribution in [1.29, 1.82) is 5.41 Å². The van der Waals surface area contributed by atoms with E-state index in [1.165, 1.54) is 12.1 Å². The number of benzene rings is 1. The number of hydrogen-bond donors (Lipinski definition) is 3. The average molecular weight is 301 g/mol. The minimum absolute atomic E-state index is 0.00795. The summed E-state index contributed by atoms with van der Waals surface area (Å²) < 4.78 is 39.9. The Kier molecular flexibility index (Phi) is 4.75. The highest BCUT2D eigenvalue weighted by atomic mass is 32.2. The molecule has 0 fully saturated rings. The zero-order chi connectivity index (χ0) is 15.6. The van der Waals surface area contributed by atoms with Crippen molar-refractivity contribution in [2.24, 2.45) is 11.1 Å². The Balaban J connectivity index is 2.99. The molecule has 112 valence electrons. The number of nitrogens with one attached hydrogen (secondary N) is 2. The van der Waals surface area contributed by atoms with Crippen molar-refractivity contribution in [1.82, 2.24) is 0 Å². The molecule has 5 nitrogen and oxygen atoms in total. The summed E-state index contributed by atoms with van der Waals surface area (Å²) in [6, 6.07) is 3.88. The number of anilines is 1. The van der Waals surface area contributed by atoms with Gasteiger partial charge in [0.2, 0.25) is 10.0 Å². The summed E-state index contributed by atoms with van der Waals surface area (Å²) in [7, 11) is -3.61. The highest BCUT2D eigenvalue weighted by molar-refractivity contribution is 7.92. The number of nitrogens with two attached hydrogens (primary N) is 1. The van der Waals surface area contributed by atoms with Gasteiger partial charge in [-0.05, 0) is 24.0 Å². The molecule has 1 aromatic rings. The molecule has 0 aliphatic carbocycles. The lowest BCUT2D eigenvalue weighted by molar-refractivity contribution is 0.397. The van der Waals surface area contributed by atoms with Crippen LogP contribution in [0.3, 0.4) is 0 Å². The summed E-state index contributed by atoms with van der Waals surface area (Å²) in [6.45, 7) is 5.81. The van der Waals surface area contributed by atoms with Crippen LogP contribution in [0, 0.1) is 16.6 Å². The van der Waals surface area contributed by atoms with E-state index in [9.17, 15) is 12.8 Å². The second kappa shape index (κ2) is 5.78. The van der Waals surface area contributed by atoms with Crippen LogP contribution >= 0.6 is 0 Å². The van der Waals surface area contributed by atoms with Crippen molar-refractivity contribution in [2.45, 2.75) is 27.2 Å². The summed E-state index contributed by atoms with van der Waals surface area (Å²) in [5.74, 6) is -1.32. The van der Waals surface area contributed by atoms with Gasteiger partial charge in [-0.1, -0.05) is 26.8 Å². The second-order valence-corrected chi connectivity index (χ2v) is 7.65. The summed E-state index contributed by atoms with van der Waals surface area (Å²) in [4.78, 5) is 0. The SMILES string of the molecule is CC(C)(C)CCS(=O)(=O)Nc1cccc(F)c1C(=N)N. The van der Waals surface area contributed by atoms with Crippen molar-refractivity contribution < 1.29 is 12.8 Å². The van der Waals surface area contributed by atoms with Crippen LogP contribution in [0.2, 0.25) is 0 Å².